The van der Waals surface area contributed by atoms with Crippen LogP contribution in [0.4, 0.5) is 0 Å². The summed E-state index contributed by atoms with van der Waals surface area (Å²) in [5, 5.41) is 9.14. The van der Waals surface area contributed by atoms with Crippen molar-refractivity contribution in [1.29, 1.82) is 0 Å². The second kappa shape index (κ2) is 6.58. The molecule has 4 nitrogen and oxygen atoms in total. The summed E-state index contributed by atoms with van der Waals surface area (Å²) >= 11 is 0. The quantitative estimate of drug-likeness (QED) is 0.484. The van der Waals surface area contributed by atoms with Crippen molar-refractivity contribution in [3.63, 3.8) is 0 Å². The fourth-order valence-electron chi connectivity index (χ4n) is 1.19. The standard InChI is InChI=1S/C13H16O4/c1-3-8-17-12(13(15)16-2)9-10-4-6-11(14)7-5-10/h4-7,9,14H,3,8H2,1-2H3/b12-9-. The van der Waals surface area contributed by atoms with Crippen LogP contribution in [0.2, 0.25) is 0 Å². The van der Waals surface area contributed by atoms with Gasteiger partial charge in [0.15, 0.2) is 0 Å². The third-order valence-corrected chi connectivity index (χ3v) is 2.04. The molecule has 0 heterocycles. The van der Waals surface area contributed by atoms with Gasteiger partial charge in [0.2, 0.25) is 5.76 Å². The van der Waals surface area contributed by atoms with Crippen molar-refractivity contribution in [1.82, 2.24) is 0 Å². The number of hydrogen-bond acceptors (Lipinski definition) is 4. The molecule has 0 radical (unpaired) electrons. The van der Waals surface area contributed by atoms with Gasteiger partial charge in [0.1, 0.15) is 5.75 Å². The number of benzene rings is 1. The van der Waals surface area contributed by atoms with E-state index >= 15 is 0 Å². The van der Waals surface area contributed by atoms with Gasteiger partial charge < -0.3 is 14.6 Å². The van der Waals surface area contributed by atoms with Gasteiger partial charge in [-0.25, -0.2) is 4.79 Å². The van der Waals surface area contributed by atoms with Crippen molar-refractivity contribution in [2.45, 2.75) is 13.3 Å². The number of esters is 1. The van der Waals surface area contributed by atoms with Crippen molar-refractivity contribution >= 4 is 12.0 Å². The Balaban J connectivity index is 2.87. The fraction of sp³-hybridized carbons (Fsp3) is 0.308. The number of carbonyl (C=O) groups is 1. The van der Waals surface area contributed by atoms with Gasteiger partial charge in [-0.2, -0.15) is 0 Å². The maximum atomic E-state index is 11.4. The third-order valence-electron chi connectivity index (χ3n) is 2.04. The molecule has 0 fully saturated rings. The van der Waals surface area contributed by atoms with Gasteiger partial charge in [-0.3, -0.25) is 0 Å². The van der Waals surface area contributed by atoms with Crippen LogP contribution >= 0.6 is 0 Å². The van der Waals surface area contributed by atoms with Crippen molar-refractivity contribution in [2.24, 2.45) is 0 Å². The van der Waals surface area contributed by atoms with E-state index < -0.39 is 5.97 Å². The summed E-state index contributed by atoms with van der Waals surface area (Å²) in [6.45, 7) is 2.41. The SMILES string of the molecule is CCCO/C(=C\c1ccc(O)cc1)C(=O)OC. The lowest BCUT2D eigenvalue weighted by Gasteiger charge is -2.07. The largest absolute Gasteiger partial charge is 0.508 e. The molecule has 0 aromatic heterocycles. The number of ether oxygens (including phenoxy) is 2. The molecule has 1 rings (SSSR count). The Hall–Kier alpha value is -1.97. The van der Waals surface area contributed by atoms with Crippen molar-refractivity contribution < 1.29 is 19.4 Å². The molecule has 0 spiro atoms. The topological polar surface area (TPSA) is 55.8 Å². The number of phenolic OH excluding ortho intramolecular Hbond substituents is 1. The zero-order chi connectivity index (χ0) is 12.7. The van der Waals surface area contributed by atoms with Crippen molar-refractivity contribution in [2.75, 3.05) is 13.7 Å². The highest BCUT2D eigenvalue weighted by Crippen LogP contribution is 2.14. The molecule has 0 unspecified atom stereocenters. The van der Waals surface area contributed by atoms with Gasteiger partial charge in [0.25, 0.3) is 0 Å². The molecule has 0 aliphatic heterocycles. The number of rotatable bonds is 5. The zero-order valence-electron chi connectivity index (χ0n) is 9.97. The van der Waals surface area contributed by atoms with Crippen LogP contribution in [0.5, 0.6) is 5.75 Å². The summed E-state index contributed by atoms with van der Waals surface area (Å²) in [6, 6.07) is 6.46. The lowest BCUT2D eigenvalue weighted by atomic mass is 10.2. The molecule has 1 aromatic carbocycles. The predicted molar refractivity (Wildman–Crippen MR) is 64.3 cm³/mol. The summed E-state index contributed by atoms with van der Waals surface area (Å²) in [5.41, 5.74) is 0.763. The van der Waals surface area contributed by atoms with Crippen LogP contribution in [-0.2, 0) is 14.3 Å². The van der Waals surface area contributed by atoms with E-state index in [1.165, 1.54) is 7.11 Å². The van der Waals surface area contributed by atoms with Crippen LogP contribution in [0.25, 0.3) is 6.08 Å². The Morgan fingerprint density at radius 1 is 1.35 bits per heavy atom. The van der Waals surface area contributed by atoms with Gasteiger partial charge in [-0.15, -0.1) is 0 Å². The smallest absolute Gasteiger partial charge is 0.373 e. The number of aromatic hydroxyl groups is 1. The summed E-state index contributed by atoms with van der Waals surface area (Å²) < 4.78 is 9.93. The van der Waals surface area contributed by atoms with E-state index in [1.54, 1.807) is 30.3 Å². The minimum atomic E-state index is -0.508. The Morgan fingerprint density at radius 3 is 2.53 bits per heavy atom. The fourth-order valence-corrected chi connectivity index (χ4v) is 1.19. The molecule has 0 aliphatic rings. The summed E-state index contributed by atoms with van der Waals surface area (Å²) in [4.78, 5) is 11.4. The number of phenols is 1. The van der Waals surface area contributed by atoms with Gasteiger partial charge >= 0.3 is 5.97 Å². The Labute approximate surface area is 100 Å². The second-order valence-corrected chi connectivity index (χ2v) is 3.44. The first-order valence-corrected chi connectivity index (χ1v) is 5.39. The highest BCUT2D eigenvalue weighted by Gasteiger charge is 2.10. The molecule has 4 heteroatoms. The predicted octanol–water partition coefficient (Wildman–Crippen LogP) is 2.33. The van der Waals surface area contributed by atoms with Crippen molar-refractivity contribution in [3.05, 3.63) is 35.6 Å². The molecule has 1 N–H and O–H groups in total. The van der Waals surface area contributed by atoms with Crippen LogP contribution in [0.3, 0.4) is 0 Å². The average molecular weight is 236 g/mol. The van der Waals surface area contributed by atoms with E-state index in [0.717, 1.165) is 12.0 Å². The molecule has 0 saturated carbocycles. The van der Waals surface area contributed by atoms with Crippen LogP contribution in [-0.4, -0.2) is 24.8 Å². The highest BCUT2D eigenvalue weighted by molar-refractivity contribution is 5.91. The van der Waals surface area contributed by atoms with Crippen LogP contribution in [0.15, 0.2) is 30.0 Å². The van der Waals surface area contributed by atoms with Gasteiger partial charge in [-0.1, -0.05) is 19.1 Å². The first-order valence-electron chi connectivity index (χ1n) is 5.39. The highest BCUT2D eigenvalue weighted by atomic mass is 16.6. The summed E-state index contributed by atoms with van der Waals surface area (Å²) in [5.74, 6) is -0.164. The van der Waals surface area contributed by atoms with Gasteiger partial charge in [0.05, 0.1) is 13.7 Å². The summed E-state index contributed by atoms with van der Waals surface area (Å²) in [7, 11) is 1.31. The molecular formula is C13H16O4. The molecule has 0 saturated heterocycles. The Bertz CT molecular complexity index is 392. The maximum Gasteiger partial charge on any atom is 0.373 e. The lowest BCUT2D eigenvalue weighted by molar-refractivity contribution is -0.139. The number of methoxy groups -OCH3 is 1. The minimum absolute atomic E-state index is 0.167. The van der Waals surface area contributed by atoms with Crippen LogP contribution < -0.4 is 0 Å². The molecule has 92 valence electrons. The minimum Gasteiger partial charge on any atom is -0.508 e. The lowest BCUT2D eigenvalue weighted by Crippen LogP contribution is -2.08. The van der Waals surface area contributed by atoms with E-state index in [1.807, 2.05) is 6.92 Å². The van der Waals surface area contributed by atoms with Gasteiger partial charge in [-0.05, 0) is 30.2 Å². The number of carbonyl (C=O) groups excluding carboxylic acids is 1. The normalized spacial score (nSPS) is 11.1. The monoisotopic (exact) mass is 236 g/mol. The van der Waals surface area contributed by atoms with Crippen molar-refractivity contribution in [3.8, 4) is 5.75 Å². The molecule has 0 atom stereocenters. The molecule has 0 aliphatic carbocycles. The van der Waals surface area contributed by atoms with Crippen LogP contribution in [0, 0.1) is 0 Å². The number of hydrogen-bond donors (Lipinski definition) is 1. The van der Waals surface area contributed by atoms with E-state index in [4.69, 9.17) is 9.84 Å². The molecule has 0 bridgehead atoms. The first-order chi connectivity index (χ1) is 8.17. The first kappa shape index (κ1) is 13.1. The van der Waals surface area contributed by atoms with E-state index in [2.05, 4.69) is 4.74 Å². The van der Waals surface area contributed by atoms with E-state index in [0.29, 0.717) is 6.61 Å². The maximum absolute atomic E-state index is 11.4. The summed E-state index contributed by atoms with van der Waals surface area (Å²) in [6.07, 6.45) is 2.39. The molecule has 0 amide bonds. The molecular weight excluding hydrogens is 220 g/mol. The van der Waals surface area contributed by atoms with Crippen LogP contribution in [0.1, 0.15) is 18.9 Å². The zero-order valence-corrected chi connectivity index (χ0v) is 9.97. The van der Waals surface area contributed by atoms with Gasteiger partial charge in [0, 0.05) is 0 Å². The van der Waals surface area contributed by atoms with E-state index in [-0.39, 0.29) is 11.5 Å². The van der Waals surface area contributed by atoms with E-state index in [9.17, 15) is 4.79 Å². The molecule has 1 aromatic rings. The third kappa shape index (κ3) is 4.18. The Morgan fingerprint density at radius 2 is 2.00 bits per heavy atom. The molecule has 17 heavy (non-hydrogen) atoms. The average Bonchev–Trinajstić information content (AvgIpc) is 2.36. The second-order valence-electron chi connectivity index (χ2n) is 3.44. The Kier molecular flexibility index (Phi) is 5.07.